The molecule has 2 aromatic rings. The molecule has 0 fully saturated rings. The Morgan fingerprint density at radius 1 is 1.23 bits per heavy atom. The normalized spacial score (nSPS) is 11.8. The van der Waals surface area contributed by atoms with Gasteiger partial charge in [-0.15, -0.1) is 12.4 Å². The van der Waals surface area contributed by atoms with Crippen molar-refractivity contribution in [2.45, 2.75) is 0 Å². The van der Waals surface area contributed by atoms with E-state index in [0.717, 1.165) is 20.8 Å². The highest BCUT2D eigenvalue weighted by molar-refractivity contribution is 7.88. The van der Waals surface area contributed by atoms with Gasteiger partial charge in [-0.25, -0.2) is 13.4 Å². The van der Waals surface area contributed by atoms with E-state index in [1.165, 1.54) is 23.3 Å². The number of likely N-dealkylation sites (N-methyl/N-ethyl adjacent to an activating group) is 2. The highest BCUT2D eigenvalue weighted by Crippen LogP contribution is 2.30. The average Bonchev–Trinajstić information content (AvgIpc) is 2.88. The van der Waals surface area contributed by atoms with E-state index in [0.29, 0.717) is 23.2 Å². The van der Waals surface area contributed by atoms with E-state index in [2.05, 4.69) is 4.98 Å². The van der Waals surface area contributed by atoms with Crippen LogP contribution in [0.2, 0.25) is 5.02 Å². The van der Waals surface area contributed by atoms with Gasteiger partial charge in [-0.05, 0) is 32.3 Å². The third kappa shape index (κ3) is 6.04. The smallest absolute Gasteiger partial charge is 0.244 e. The molecule has 26 heavy (non-hydrogen) atoms. The van der Waals surface area contributed by atoms with Crippen molar-refractivity contribution in [3.05, 3.63) is 23.2 Å². The van der Waals surface area contributed by atoms with Crippen LogP contribution in [0.5, 0.6) is 0 Å². The number of hydrogen-bond donors (Lipinski definition) is 0. The molecule has 0 N–H and O–H groups in total. The number of thiazole rings is 1. The maximum absolute atomic E-state index is 12.7. The second-order valence-electron chi connectivity index (χ2n) is 5.98. The van der Waals surface area contributed by atoms with Gasteiger partial charge in [0.1, 0.15) is 0 Å². The second kappa shape index (κ2) is 9.29. The van der Waals surface area contributed by atoms with Crippen molar-refractivity contribution in [1.82, 2.24) is 14.2 Å². The molecule has 11 heteroatoms. The molecule has 1 aromatic carbocycles. The molecule has 0 atom stereocenters. The van der Waals surface area contributed by atoms with Crippen LogP contribution >= 0.6 is 35.3 Å². The van der Waals surface area contributed by atoms with Crippen LogP contribution in [-0.2, 0) is 14.8 Å². The summed E-state index contributed by atoms with van der Waals surface area (Å²) in [6.45, 7) is 0.810. The number of halogens is 2. The molecule has 1 heterocycles. The fourth-order valence-corrected chi connectivity index (χ4v) is 3.65. The molecule has 7 nitrogen and oxygen atoms in total. The number of fused-ring (bicyclic) bond motifs is 1. The number of nitrogens with zero attached hydrogens (tertiary/aromatic N) is 4. The lowest BCUT2D eigenvalue weighted by atomic mass is 10.3. The SMILES string of the molecule is CN(C)CCN(C(=O)CN(C)S(C)(=O)=O)c1nc2ccc(Cl)cc2s1.Cl. The number of benzene rings is 1. The van der Waals surface area contributed by atoms with E-state index in [9.17, 15) is 13.2 Å². The summed E-state index contributed by atoms with van der Waals surface area (Å²) in [7, 11) is 1.76. The molecule has 0 unspecified atom stereocenters. The first-order chi connectivity index (χ1) is 11.6. The van der Waals surface area contributed by atoms with Gasteiger partial charge in [-0.3, -0.25) is 9.69 Å². The van der Waals surface area contributed by atoms with Gasteiger partial charge in [0, 0.05) is 25.2 Å². The largest absolute Gasteiger partial charge is 0.308 e. The van der Waals surface area contributed by atoms with E-state index < -0.39 is 10.0 Å². The molecule has 1 aromatic heterocycles. The number of carbonyl (C=O) groups is 1. The predicted molar refractivity (Wildman–Crippen MR) is 110 cm³/mol. The minimum atomic E-state index is -3.43. The Balaban J connectivity index is 0.00000338. The van der Waals surface area contributed by atoms with Crippen molar-refractivity contribution in [3.63, 3.8) is 0 Å². The number of aromatic nitrogens is 1. The third-order valence-corrected chi connectivity index (χ3v) is 6.10. The molecule has 0 saturated carbocycles. The average molecular weight is 441 g/mol. The van der Waals surface area contributed by atoms with Crippen LogP contribution in [0.3, 0.4) is 0 Å². The highest BCUT2D eigenvalue weighted by Gasteiger charge is 2.24. The van der Waals surface area contributed by atoms with Crippen molar-refractivity contribution in [3.8, 4) is 0 Å². The Morgan fingerprint density at radius 2 is 1.88 bits per heavy atom. The quantitative estimate of drug-likeness (QED) is 0.659. The Morgan fingerprint density at radius 3 is 2.46 bits per heavy atom. The van der Waals surface area contributed by atoms with Crippen molar-refractivity contribution in [1.29, 1.82) is 0 Å². The summed E-state index contributed by atoms with van der Waals surface area (Å²) in [5, 5.41) is 1.14. The monoisotopic (exact) mass is 440 g/mol. The van der Waals surface area contributed by atoms with Gasteiger partial charge in [0.25, 0.3) is 0 Å². The van der Waals surface area contributed by atoms with Crippen LogP contribution in [0.4, 0.5) is 5.13 Å². The molecular weight excluding hydrogens is 419 g/mol. The standard InChI is InChI=1S/C15H21ClN4O3S2.ClH/c1-18(2)7-8-20(14(21)10-19(3)25(4,22)23)15-17-12-6-5-11(16)9-13(12)24-15;/h5-6,9H,7-8,10H2,1-4H3;1H. The van der Waals surface area contributed by atoms with Crippen LogP contribution in [0.15, 0.2) is 18.2 Å². The van der Waals surface area contributed by atoms with E-state index in [-0.39, 0.29) is 24.9 Å². The summed E-state index contributed by atoms with van der Waals surface area (Å²) >= 11 is 7.37. The molecule has 1 amide bonds. The predicted octanol–water partition coefficient (Wildman–Crippen LogP) is 2.16. The van der Waals surface area contributed by atoms with Crippen molar-refractivity contribution in [2.24, 2.45) is 0 Å². The molecule has 146 valence electrons. The maximum Gasteiger partial charge on any atom is 0.244 e. The zero-order valence-electron chi connectivity index (χ0n) is 15.0. The van der Waals surface area contributed by atoms with Crippen molar-refractivity contribution >= 4 is 66.6 Å². The van der Waals surface area contributed by atoms with E-state index >= 15 is 0 Å². The minimum absolute atomic E-state index is 0. The van der Waals surface area contributed by atoms with Crippen LogP contribution in [-0.4, -0.2) is 75.5 Å². The summed E-state index contributed by atoms with van der Waals surface area (Å²) < 4.78 is 25.1. The molecule has 0 aliphatic rings. The lowest BCUT2D eigenvalue weighted by Gasteiger charge is -2.24. The highest BCUT2D eigenvalue weighted by atomic mass is 35.5. The first-order valence-electron chi connectivity index (χ1n) is 7.50. The molecule has 0 bridgehead atoms. The minimum Gasteiger partial charge on any atom is -0.308 e. The molecule has 2 rings (SSSR count). The number of carbonyl (C=O) groups excluding carboxylic acids is 1. The van der Waals surface area contributed by atoms with Crippen LogP contribution in [0.25, 0.3) is 10.2 Å². The molecule has 0 radical (unpaired) electrons. The number of anilines is 1. The molecule has 0 spiro atoms. The first-order valence-corrected chi connectivity index (χ1v) is 10.5. The Bertz CT molecular complexity index is 871. The summed E-state index contributed by atoms with van der Waals surface area (Å²) in [6.07, 6.45) is 1.07. The van der Waals surface area contributed by atoms with Crippen molar-refractivity contribution in [2.75, 3.05) is 51.9 Å². The van der Waals surface area contributed by atoms with Crippen molar-refractivity contribution < 1.29 is 13.2 Å². The second-order valence-corrected chi connectivity index (χ2v) is 9.51. The topological polar surface area (TPSA) is 73.8 Å². The number of rotatable bonds is 7. The zero-order chi connectivity index (χ0) is 18.8. The van der Waals surface area contributed by atoms with E-state index in [1.54, 1.807) is 18.2 Å². The van der Waals surface area contributed by atoms with Gasteiger partial charge in [0.15, 0.2) is 5.13 Å². The molecular formula is C15H22Cl2N4O3S2. The van der Waals surface area contributed by atoms with Crippen LogP contribution < -0.4 is 4.90 Å². The molecule has 0 aliphatic heterocycles. The van der Waals surface area contributed by atoms with Gasteiger partial charge in [0.2, 0.25) is 15.9 Å². The zero-order valence-corrected chi connectivity index (χ0v) is 18.2. The number of hydrogen-bond acceptors (Lipinski definition) is 6. The Kier molecular flexibility index (Phi) is 8.25. The number of amides is 1. The lowest BCUT2D eigenvalue weighted by Crippen LogP contribution is -2.43. The van der Waals surface area contributed by atoms with Gasteiger partial charge in [-0.1, -0.05) is 22.9 Å². The van der Waals surface area contributed by atoms with Crippen LogP contribution in [0, 0.1) is 0 Å². The fraction of sp³-hybridized carbons (Fsp3) is 0.467. The van der Waals surface area contributed by atoms with E-state index in [4.69, 9.17) is 11.6 Å². The van der Waals surface area contributed by atoms with Gasteiger partial charge >= 0.3 is 0 Å². The van der Waals surface area contributed by atoms with Gasteiger partial charge in [-0.2, -0.15) is 4.31 Å². The Labute approximate surface area is 169 Å². The van der Waals surface area contributed by atoms with Crippen LogP contribution in [0.1, 0.15) is 0 Å². The molecule has 0 saturated heterocycles. The first kappa shape index (κ1) is 23.1. The fourth-order valence-electron chi connectivity index (χ4n) is 2.02. The summed E-state index contributed by atoms with van der Waals surface area (Å²) in [5.41, 5.74) is 0.753. The van der Waals surface area contributed by atoms with E-state index in [1.807, 2.05) is 19.0 Å². The third-order valence-electron chi connectivity index (χ3n) is 3.57. The summed E-state index contributed by atoms with van der Waals surface area (Å²) in [5.74, 6) is -0.320. The van der Waals surface area contributed by atoms with Gasteiger partial charge in [0.05, 0.1) is 23.0 Å². The Hall–Kier alpha value is -0.970. The molecule has 0 aliphatic carbocycles. The number of sulfonamides is 1. The maximum atomic E-state index is 12.7. The summed E-state index contributed by atoms with van der Waals surface area (Å²) in [4.78, 5) is 20.7. The van der Waals surface area contributed by atoms with Gasteiger partial charge < -0.3 is 4.90 Å². The lowest BCUT2D eigenvalue weighted by molar-refractivity contribution is -0.118. The summed E-state index contributed by atoms with van der Waals surface area (Å²) in [6, 6.07) is 5.35.